The van der Waals surface area contributed by atoms with Gasteiger partial charge in [0.15, 0.2) is 6.73 Å². The van der Waals surface area contributed by atoms with Crippen molar-refractivity contribution in [3.8, 4) is 5.75 Å². The number of aliphatic imine (C=N–C) groups is 1. The van der Waals surface area contributed by atoms with Gasteiger partial charge in [-0.1, -0.05) is 44.4 Å². The van der Waals surface area contributed by atoms with Gasteiger partial charge in [-0.2, -0.15) is 13.2 Å². The Hall–Kier alpha value is -2.34. The van der Waals surface area contributed by atoms with E-state index in [-0.39, 0.29) is 24.0 Å². The molecule has 0 atom stereocenters. The minimum Gasteiger partial charge on any atom is -0.471 e. The lowest BCUT2D eigenvalue weighted by molar-refractivity contribution is -0.138. The number of alkyl halides is 3. The van der Waals surface area contributed by atoms with Crippen LogP contribution in [-0.4, -0.2) is 17.5 Å². The lowest BCUT2D eigenvalue weighted by Crippen LogP contribution is -2.14. The number of hydrogen-bond acceptors (Lipinski definition) is 3. The molecule has 0 heterocycles. The number of aliphatic hydroxyl groups is 1. The first kappa shape index (κ1) is 20.6. The van der Waals surface area contributed by atoms with Gasteiger partial charge in [0.25, 0.3) is 0 Å². The molecule has 6 heteroatoms. The molecule has 0 bridgehead atoms. The van der Waals surface area contributed by atoms with Crippen molar-refractivity contribution in [1.82, 2.24) is 0 Å². The molecule has 2 aromatic carbocycles. The van der Waals surface area contributed by atoms with E-state index in [1.807, 2.05) is 6.92 Å². The van der Waals surface area contributed by atoms with Gasteiger partial charge >= 0.3 is 6.18 Å². The molecule has 31 heavy (non-hydrogen) atoms. The Morgan fingerprint density at radius 1 is 1.13 bits per heavy atom. The smallest absolute Gasteiger partial charge is 0.416 e. The van der Waals surface area contributed by atoms with Gasteiger partial charge in [0.05, 0.1) is 14.9 Å². The number of hydrogen-bond donors (Lipinski definition) is 1. The Kier molecular flexibility index (Phi) is 6.84. The molecular formula is C25H30F3NO2. The molecule has 0 aromatic heterocycles. The molecule has 1 fully saturated rings. The van der Waals surface area contributed by atoms with Crippen LogP contribution in [0.5, 0.6) is 5.75 Å². The summed E-state index contributed by atoms with van der Waals surface area (Å²) in [5.74, 6) is 0.0574. The van der Waals surface area contributed by atoms with E-state index in [2.05, 4.69) is 4.99 Å². The first-order valence-corrected chi connectivity index (χ1v) is 10.7. The van der Waals surface area contributed by atoms with E-state index in [0.717, 1.165) is 43.7 Å². The van der Waals surface area contributed by atoms with Crippen LogP contribution in [0, 0.1) is 0 Å². The van der Waals surface area contributed by atoms with E-state index in [9.17, 15) is 18.3 Å². The minimum absolute atomic E-state index is 0.0643. The topological polar surface area (TPSA) is 41.8 Å². The maximum Gasteiger partial charge on any atom is 0.416 e. The molecule has 3 nitrogen and oxygen atoms in total. The third-order valence-electron chi connectivity index (χ3n) is 5.93. The summed E-state index contributed by atoms with van der Waals surface area (Å²) < 4.78 is 61.7. The molecule has 0 amide bonds. The highest BCUT2D eigenvalue weighted by Crippen LogP contribution is 2.42. The highest BCUT2D eigenvalue weighted by Gasteiger charge is 2.36. The second-order valence-electron chi connectivity index (χ2n) is 7.94. The van der Waals surface area contributed by atoms with E-state index in [0.29, 0.717) is 23.3 Å². The summed E-state index contributed by atoms with van der Waals surface area (Å²) in [4.78, 5) is 4.32. The van der Waals surface area contributed by atoms with Crippen LogP contribution >= 0.6 is 0 Å². The summed E-state index contributed by atoms with van der Waals surface area (Å²) in [6.07, 6.45) is 0.635. The van der Waals surface area contributed by atoms with Gasteiger partial charge in [0, 0.05) is 5.71 Å². The average Bonchev–Trinajstić information content (AvgIpc) is 2.78. The van der Waals surface area contributed by atoms with Crippen molar-refractivity contribution in [3.63, 3.8) is 0 Å². The van der Waals surface area contributed by atoms with Crippen LogP contribution in [0.15, 0.2) is 41.4 Å². The zero-order valence-corrected chi connectivity index (χ0v) is 17.9. The molecule has 0 radical (unpaired) electrons. The molecular weight excluding hydrogens is 403 g/mol. The average molecular weight is 436 g/mol. The Balaban J connectivity index is 1.75. The van der Waals surface area contributed by atoms with E-state index in [1.165, 1.54) is 6.07 Å². The molecule has 3 rings (SSSR count). The Morgan fingerprint density at radius 3 is 2.52 bits per heavy atom. The van der Waals surface area contributed by atoms with Crippen molar-refractivity contribution in [3.05, 3.63) is 64.2 Å². The first-order valence-electron chi connectivity index (χ1n) is 11.7. The van der Waals surface area contributed by atoms with Gasteiger partial charge in [-0.15, -0.1) is 0 Å². The zero-order chi connectivity index (χ0) is 24.2. The Morgan fingerprint density at radius 2 is 1.87 bits per heavy atom. The van der Waals surface area contributed by atoms with E-state index in [1.54, 1.807) is 31.2 Å². The summed E-state index contributed by atoms with van der Waals surface area (Å²) >= 11 is 0. The van der Waals surface area contributed by atoms with Crippen molar-refractivity contribution < 1.29 is 25.8 Å². The van der Waals surface area contributed by atoms with Gasteiger partial charge in [0.2, 0.25) is 0 Å². The summed E-state index contributed by atoms with van der Waals surface area (Å²) in [7, 11) is 0. The Labute approximate surface area is 184 Å². The molecule has 168 valence electrons. The third kappa shape index (κ3) is 5.88. The predicted octanol–water partition coefficient (Wildman–Crippen LogP) is 6.65. The first-order chi connectivity index (χ1) is 15.5. The summed E-state index contributed by atoms with van der Waals surface area (Å²) in [5.41, 5.74) is 1.91. The van der Waals surface area contributed by atoms with Gasteiger partial charge in [-0.3, -0.25) is 4.99 Å². The molecule has 0 unspecified atom stereocenters. The second kappa shape index (κ2) is 10.3. The van der Waals surface area contributed by atoms with Crippen molar-refractivity contribution in [1.29, 1.82) is 0 Å². The van der Waals surface area contributed by atoms with Crippen LogP contribution in [0.3, 0.4) is 0 Å². The fourth-order valence-electron chi connectivity index (χ4n) is 4.16. The number of ether oxygens (including phenoxy) is 1. The fraction of sp³-hybridized carbons (Fsp3) is 0.480. The van der Waals surface area contributed by atoms with Crippen molar-refractivity contribution in [2.45, 2.75) is 71.0 Å². The van der Waals surface area contributed by atoms with E-state index >= 15 is 0 Å². The van der Waals surface area contributed by atoms with Gasteiger partial charge in [0.1, 0.15) is 5.75 Å². The van der Waals surface area contributed by atoms with Crippen LogP contribution in [0.25, 0.3) is 0 Å². The lowest BCUT2D eigenvalue weighted by Gasteiger charge is -2.25. The summed E-state index contributed by atoms with van der Waals surface area (Å²) in [5, 5.41) is 9.68. The van der Waals surface area contributed by atoms with Crippen LogP contribution in [-0.2, 0) is 19.2 Å². The third-order valence-corrected chi connectivity index (χ3v) is 5.93. The number of halogens is 3. The number of rotatable bonds is 7. The number of benzene rings is 2. The largest absolute Gasteiger partial charge is 0.471 e. The van der Waals surface area contributed by atoms with Crippen molar-refractivity contribution in [2.75, 3.05) is 6.73 Å². The second-order valence-corrected chi connectivity index (χ2v) is 7.94. The van der Waals surface area contributed by atoms with Crippen molar-refractivity contribution in [2.24, 2.45) is 4.99 Å². The van der Waals surface area contributed by atoms with Gasteiger partial charge in [-0.25, -0.2) is 0 Å². The molecule has 2 aromatic rings. The van der Waals surface area contributed by atoms with Crippen molar-refractivity contribution >= 4 is 5.71 Å². The van der Waals surface area contributed by atoms with Crippen LogP contribution in [0.1, 0.15) is 82.4 Å². The normalized spacial score (nSPS) is 17.3. The molecule has 0 saturated heterocycles. The molecule has 0 spiro atoms. The number of aryl methyl sites for hydroxylation is 1. The van der Waals surface area contributed by atoms with Crippen LogP contribution < -0.4 is 4.74 Å². The molecule has 0 aliphatic heterocycles. The van der Waals surface area contributed by atoms with E-state index in [4.69, 9.17) is 7.48 Å². The monoisotopic (exact) mass is 435 g/mol. The minimum atomic E-state index is -4.44. The van der Waals surface area contributed by atoms with E-state index < -0.39 is 18.3 Å². The van der Waals surface area contributed by atoms with Gasteiger partial charge < -0.3 is 9.84 Å². The molecule has 1 saturated carbocycles. The standard InChI is InChI=1S/C25H30F3NO2/c1-3-18-13-20(9-10-21(18)15-30)17(2)29-16-31-22-11-12-23(19-7-5-4-6-8-19)24(14-22)25(26,27)28/h9-14,19,30H,3-8,15-16H2,1-2H3/b29-17+/i15D2. The Bertz CT molecular complexity index is 994. The highest BCUT2D eigenvalue weighted by molar-refractivity contribution is 5.98. The summed E-state index contributed by atoms with van der Waals surface area (Å²) in [6.45, 7) is 1.03. The molecule has 1 aliphatic carbocycles. The van der Waals surface area contributed by atoms with Crippen LogP contribution in [0.2, 0.25) is 0 Å². The maximum absolute atomic E-state index is 13.7. The zero-order valence-electron chi connectivity index (χ0n) is 19.9. The summed E-state index contributed by atoms with van der Waals surface area (Å²) in [6, 6.07) is 9.12. The van der Waals surface area contributed by atoms with Gasteiger partial charge in [-0.05, 0) is 72.6 Å². The lowest BCUT2D eigenvalue weighted by atomic mass is 9.82. The highest BCUT2D eigenvalue weighted by atomic mass is 19.4. The predicted molar refractivity (Wildman–Crippen MR) is 117 cm³/mol. The molecule has 1 aliphatic rings. The fourth-order valence-corrected chi connectivity index (χ4v) is 4.16. The quantitative estimate of drug-likeness (QED) is 0.495. The SMILES string of the molecule is [2H]C([2H])(O)c1ccc(/C(C)=N/COc2ccc(C3CCCCC3)c(C(F)(F)F)c2)cc1CC. The van der Waals surface area contributed by atoms with Crippen LogP contribution in [0.4, 0.5) is 13.2 Å². The maximum atomic E-state index is 13.7. The number of nitrogens with zero attached hydrogens (tertiary/aromatic N) is 1. The molecule has 1 N–H and O–H groups in total.